The van der Waals surface area contributed by atoms with Crippen LogP contribution in [0, 0.1) is 12.8 Å². The molecule has 84 valence electrons. The van der Waals surface area contributed by atoms with Crippen LogP contribution >= 0.6 is 0 Å². The van der Waals surface area contributed by atoms with Crippen molar-refractivity contribution in [2.24, 2.45) is 11.7 Å². The SMILES string of the molecule is Cc1cc2c(o1)CCC(C)C2(O)CCN. The lowest BCUT2D eigenvalue weighted by Gasteiger charge is -2.37. The van der Waals surface area contributed by atoms with Crippen molar-refractivity contribution >= 4 is 0 Å². The van der Waals surface area contributed by atoms with Crippen LogP contribution in [0.15, 0.2) is 10.5 Å². The highest BCUT2D eigenvalue weighted by Crippen LogP contribution is 2.42. The van der Waals surface area contributed by atoms with Gasteiger partial charge in [0, 0.05) is 12.0 Å². The summed E-state index contributed by atoms with van der Waals surface area (Å²) < 4.78 is 5.60. The van der Waals surface area contributed by atoms with Crippen LogP contribution in [0.2, 0.25) is 0 Å². The standard InChI is InChI=1S/C12H19NO2/c1-8-3-4-11-10(7-9(2)15-11)12(8,14)5-6-13/h7-8,14H,3-6,13H2,1-2H3. The molecule has 15 heavy (non-hydrogen) atoms. The predicted octanol–water partition coefficient (Wildman–Crippen LogP) is 1.71. The van der Waals surface area contributed by atoms with Gasteiger partial charge in [-0.25, -0.2) is 0 Å². The van der Waals surface area contributed by atoms with E-state index in [4.69, 9.17) is 10.2 Å². The molecule has 1 aromatic rings. The Morgan fingerprint density at radius 2 is 2.40 bits per heavy atom. The van der Waals surface area contributed by atoms with E-state index in [0.29, 0.717) is 13.0 Å². The number of hydrogen-bond acceptors (Lipinski definition) is 3. The van der Waals surface area contributed by atoms with Crippen molar-refractivity contribution in [3.63, 3.8) is 0 Å². The average Bonchev–Trinajstić information content (AvgIpc) is 2.55. The minimum atomic E-state index is -0.778. The third-order valence-electron chi connectivity index (χ3n) is 3.54. The number of fused-ring (bicyclic) bond motifs is 1. The van der Waals surface area contributed by atoms with E-state index in [1.165, 1.54) is 0 Å². The van der Waals surface area contributed by atoms with Gasteiger partial charge in [-0.3, -0.25) is 0 Å². The van der Waals surface area contributed by atoms with Crippen molar-refractivity contribution in [1.29, 1.82) is 0 Å². The normalized spacial score (nSPS) is 30.3. The molecule has 3 heteroatoms. The number of aliphatic hydroxyl groups is 1. The van der Waals surface area contributed by atoms with Crippen LogP contribution in [0.5, 0.6) is 0 Å². The molecule has 0 bridgehead atoms. The number of hydrogen-bond donors (Lipinski definition) is 2. The Morgan fingerprint density at radius 1 is 1.67 bits per heavy atom. The Hall–Kier alpha value is -0.800. The summed E-state index contributed by atoms with van der Waals surface area (Å²) in [5.41, 5.74) is 5.76. The van der Waals surface area contributed by atoms with E-state index in [2.05, 4.69) is 6.92 Å². The second-order valence-corrected chi connectivity index (χ2v) is 4.60. The predicted molar refractivity (Wildman–Crippen MR) is 58.5 cm³/mol. The maximum Gasteiger partial charge on any atom is 0.110 e. The lowest BCUT2D eigenvalue weighted by Crippen LogP contribution is -2.39. The molecule has 3 nitrogen and oxygen atoms in total. The summed E-state index contributed by atoms with van der Waals surface area (Å²) in [6.07, 6.45) is 2.51. The van der Waals surface area contributed by atoms with Gasteiger partial charge in [-0.2, -0.15) is 0 Å². The summed E-state index contributed by atoms with van der Waals surface area (Å²) >= 11 is 0. The molecule has 0 saturated carbocycles. The lowest BCUT2D eigenvalue weighted by atomic mass is 9.73. The molecule has 1 aliphatic rings. The topological polar surface area (TPSA) is 59.4 Å². The second-order valence-electron chi connectivity index (χ2n) is 4.60. The molecule has 3 N–H and O–H groups in total. The second kappa shape index (κ2) is 3.65. The van der Waals surface area contributed by atoms with Crippen LogP contribution in [0.4, 0.5) is 0 Å². The molecule has 2 rings (SSSR count). The molecule has 0 aliphatic heterocycles. The van der Waals surface area contributed by atoms with Gasteiger partial charge in [0.15, 0.2) is 0 Å². The first-order valence-electron chi connectivity index (χ1n) is 5.60. The Balaban J connectivity index is 2.44. The van der Waals surface area contributed by atoms with Crippen LogP contribution in [0.25, 0.3) is 0 Å². The zero-order valence-electron chi connectivity index (χ0n) is 9.42. The molecule has 1 heterocycles. The van der Waals surface area contributed by atoms with Gasteiger partial charge in [0.1, 0.15) is 11.5 Å². The summed E-state index contributed by atoms with van der Waals surface area (Å²) in [5.74, 6) is 2.08. The van der Waals surface area contributed by atoms with Gasteiger partial charge in [0.2, 0.25) is 0 Å². The van der Waals surface area contributed by atoms with E-state index >= 15 is 0 Å². The van der Waals surface area contributed by atoms with Gasteiger partial charge in [0.05, 0.1) is 5.60 Å². The van der Waals surface area contributed by atoms with Crippen molar-refractivity contribution in [1.82, 2.24) is 0 Å². The monoisotopic (exact) mass is 209 g/mol. The number of rotatable bonds is 2. The summed E-state index contributed by atoms with van der Waals surface area (Å²) in [6, 6.07) is 1.96. The fourth-order valence-electron chi connectivity index (χ4n) is 2.57. The first-order valence-corrected chi connectivity index (χ1v) is 5.60. The van der Waals surface area contributed by atoms with E-state index in [-0.39, 0.29) is 5.92 Å². The molecule has 0 aromatic carbocycles. The van der Waals surface area contributed by atoms with Gasteiger partial charge in [-0.05, 0) is 38.3 Å². The zero-order valence-corrected chi connectivity index (χ0v) is 9.42. The van der Waals surface area contributed by atoms with Gasteiger partial charge in [-0.1, -0.05) is 6.92 Å². The largest absolute Gasteiger partial charge is 0.466 e. The maximum atomic E-state index is 10.7. The fourth-order valence-corrected chi connectivity index (χ4v) is 2.57. The van der Waals surface area contributed by atoms with E-state index in [1.54, 1.807) is 0 Å². The van der Waals surface area contributed by atoms with Crippen LogP contribution in [0.1, 0.15) is 36.8 Å². The maximum absolute atomic E-state index is 10.7. The molecule has 1 aromatic heterocycles. The molecule has 0 saturated heterocycles. The Bertz CT molecular complexity index is 359. The zero-order chi connectivity index (χ0) is 11.1. The summed E-state index contributed by atoms with van der Waals surface area (Å²) in [6.45, 7) is 4.51. The highest BCUT2D eigenvalue weighted by Gasteiger charge is 2.41. The van der Waals surface area contributed by atoms with Crippen LogP contribution in [-0.2, 0) is 12.0 Å². The molecule has 1 aliphatic carbocycles. The van der Waals surface area contributed by atoms with E-state index < -0.39 is 5.60 Å². The van der Waals surface area contributed by atoms with Gasteiger partial charge in [-0.15, -0.1) is 0 Å². The fraction of sp³-hybridized carbons (Fsp3) is 0.667. The Morgan fingerprint density at radius 3 is 3.07 bits per heavy atom. The molecule has 0 spiro atoms. The smallest absolute Gasteiger partial charge is 0.110 e. The molecule has 0 fully saturated rings. The summed E-state index contributed by atoms with van der Waals surface area (Å²) in [4.78, 5) is 0. The molecular weight excluding hydrogens is 190 g/mol. The quantitative estimate of drug-likeness (QED) is 0.779. The summed E-state index contributed by atoms with van der Waals surface area (Å²) in [5, 5.41) is 10.7. The van der Waals surface area contributed by atoms with Gasteiger partial charge >= 0.3 is 0 Å². The van der Waals surface area contributed by atoms with E-state index in [1.807, 2.05) is 13.0 Å². The van der Waals surface area contributed by atoms with Crippen LogP contribution in [0.3, 0.4) is 0 Å². The molecule has 0 radical (unpaired) electrons. The third-order valence-corrected chi connectivity index (χ3v) is 3.54. The van der Waals surface area contributed by atoms with E-state index in [0.717, 1.165) is 29.9 Å². The number of nitrogens with two attached hydrogens (primary N) is 1. The van der Waals surface area contributed by atoms with Gasteiger partial charge in [0.25, 0.3) is 0 Å². The molecule has 2 atom stereocenters. The van der Waals surface area contributed by atoms with E-state index in [9.17, 15) is 5.11 Å². The number of aryl methyl sites for hydroxylation is 2. The van der Waals surface area contributed by atoms with Crippen molar-refractivity contribution in [2.45, 2.75) is 38.7 Å². The average molecular weight is 209 g/mol. The van der Waals surface area contributed by atoms with Crippen molar-refractivity contribution in [3.8, 4) is 0 Å². The summed E-state index contributed by atoms with van der Waals surface area (Å²) in [7, 11) is 0. The lowest BCUT2D eigenvalue weighted by molar-refractivity contribution is -0.0353. The molecule has 0 amide bonds. The van der Waals surface area contributed by atoms with Gasteiger partial charge < -0.3 is 15.3 Å². The minimum Gasteiger partial charge on any atom is -0.466 e. The first-order chi connectivity index (χ1) is 7.08. The number of furan rings is 1. The molecule has 2 unspecified atom stereocenters. The Kier molecular flexibility index (Phi) is 2.61. The van der Waals surface area contributed by atoms with Crippen molar-refractivity contribution in [3.05, 3.63) is 23.2 Å². The first kappa shape index (κ1) is 10.7. The minimum absolute atomic E-state index is 0.255. The van der Waals surface area contributed by atoms with Crippen molar-refractivity contribution < 1.29 is 9.52 Å². The Labute approximate surface area is 90.3 Å². The van der Waals surface area contributed by atoms with Crippen molar-refractivity contribution in [2.75, 3.05) is 6.54 Å². The highest BCUT2D eigenvalue weighted by molar-refractivity contribution is 5.31. The van der Waals surface area contributed by atoms with Crippen LogP contribution in [-0.4, -0.2) is 11.7 Å². The van der Waals surface area contributed by atoms with Crippen LogP contribution < -0.4 is 5.73 Å². The highest BCUT2D eigenvalue weighted by atomic mass is 16.3. The third kappa shape index (κ3) is 1.60. The molecular formula is C12H19NO2.